The van der Waals surface area contributed by atoms with Gasteiger partial charge in [0, 0.05) is 10.6 Å². The van der Waals surface area contributed by atoms with Crippen LogP contribution in [0.25, 0.3) is 0 Å². The van der Waals surface area contributed by atoms with Crippen molar-refractivity contribution in [3.8, 4) is 11.5 Å². The Labute approximate surface area is 250 Å². The molecule has 2 N–H and O–H groups in total. The molecule has 4 aromatic rings. The summed E-state index contributed by atoms with van der Waals surface area (Å²) in [5, 5.41) is 3.10. The summed E-state index contributed by atoms with van der Waals surface area (Å²) in [5.74, 6) is -11.4. The van der Waals surface area contributed by atoms with Gasteiger partial charge in [-0.05, 0) is 42.0 Å². The lowest BCUT2D eigenvalue weighted by atomic mass is 10.1. The van der Waals surface area contributed by atoms with E-state index in [2.05, 4.69) is 5.32 Å². The van der Waals surface area contributed by atoms with Crippen molar-refractivity contribution in [2.75, 3.05) is 24.9 Å². The Kier molecular flexibility index (Phi) is 9.72. The smallest absolute Gasteiger partial charge is 0.422 e. The molecule has 230 valence electrons. The Morgan fingerprint density at radius 3 is 1.77 bits per heavy atom. The lowest BCUT2D eigenvalue weighted by molar-refractivity contribution is -0.143. The molecule has 1 atom stereocenters. The van der Waals surface area contributed by atoms with Crippen molar-refractivity contribution in [2.24, 2.45) is 0 Å². The first kappa shape index (κ1) is 32.2. The largest absolute Gasteiger partial charge is 0.496 e. The quantitative estimate of drug-likeness (QED) is 0.110. The van der Waals surface area contributed by atoms with Crippen LogP contribution in [0.15, 0.2) is 77.7 Å². The molecule has 4 rings (SSSR count). The maximum absolute atomic E-state index is 14.5. The second kappa shape index (κ2) is 13.3. The molecule has 0 spiro atoms. The Hall–Kier alpha value is -4.72. The summed E-state index contributed by atoms with van der Waals surface area (Å²) in [6.07, 6.45) is -5.73. The Bertz CT molecular complexity index is 1630. The molecule has 0 bridgehead atoms. The number of carbonyl (C=O) groups excluding carboxylic acids is 2. The van der Waals surface area contributed by atoms with Gasteiger partial charge in [0.25, 0.3) is 5.91 Å². The van der Waals surface area contributed by atoms with Gasteiger partial charge >= 0.3 is 6.18 Å². The predicted molar refractivity (Wildman–Crippen MR) is 149 cm³/mol. The van der Waals surface area contributed by atoms with Gasteiger partial charge in [-0.15, -0.1) is 11.8 Å². The second-order valence-corrected chi connectivity index (χ2v) is 10.1. The average Bonchev–Trinajstić information content (AvgIpc) is 3.00. The average molecular weight is 639 g/mol. The minimum Gasteiger partial charge on any atom is -0.496 e. The molecular weight excluding hydrogens is 617 g/mol. The number of ether oxygens (including phenoxy) is 2. The number of alkyl halides is 3. The van der Waals surface area contributed by atoms with E-state index in [0.29, 0.717) is 16.1 Å². The van der Waals surface area contributed by atoms with Crippen molar-refractivity contribution in [3.63, 3.8) is 0 Å². The molecule has 0 aliphatic rings. The molecule has 0 aliphatic heterocycles. The number of halogens is 7. The first-order chi connectivity index (χ1) is 20.9. The first-order valence-electron chi connectivity index (χ1n) is 12.4. The Morgan fingerprint density at radius 1 is 0.727 bits per heavy atom. The van der Waals surface area contributed by atoms with E-state index in [4.69, 9.17) is 9.47 Å². The highest BCUT2D eigenvalue weighted by atomic mass is 32.2. The highest BCUT2D eigenvalue weighted by molar-refractivity contribution is 8.00. The highest BCUT2D eigenvalue weighted by Gasteiger charge is 2.43. The summed E-state index contributed by atoms with van der Waals surface area (Å²) < 4.78 is 107. The summed E-state index contributed by atoms with van der Waals surface area (Å²) in [5.41, 5.74) is -3.68. The van der Waals surface area contributed by atoms with Gasteiger partial charge in [0.1, 0.15) is 33.6 Å². The summed E-state index contributed by atoms with van der Waals surface area (Å²) in [7, 11) is 2.79. The van der Waals surface area contributed by atoms with Gasteiger partial charge in [-0.3, -0.25) is 9.59 Å². The van der Waals surface area contributed by atoms with E-state index in [1.165, 1.54) is 50.6 Å². The van der Waals surface area contributed by atoms with Gasteiger partial charge in [0.2, 0.25) is 5.91 Å². The van der Waals surface area contributed by atoms with E-state index in [0.717, 1.165) is 11.8 Å². The molecule has 1 unspecified atom stereocenters. The third-order valence-corrected chi connectivity index (χ3v) is 7.42. The van der Waals surface area contributed by atoms with Crippen LogP contribution in [0.1, 0.15) is 26.7 Å². The summed E-state index contributed by atoms with van der Waals surface area (Å²) in [6, 6.07) is 18.6. The molecule has 2 amide bonds. The van der Waals surface area contributed by atoms with Crippen LogP contribution in [0.2, 0.25) is 0 Å². The van der Waals surface area contributed by atoms with E-state index in [1.807, 2.05) is 0 Å². The summed E-state index contributed by atoms with van der Waals surface area (Å²) >= 11 is 0.856. The lowest BCUT2D eigenvalue weighted by Crippen LogP contribution is -2.23. The van der Waals surface area contributed by atoms with Crippen LogP contribution < -0.4 is 20.1 Å². The Balaban J connectivity index is 1.59. The van der Waals surface area contributed by atoms with Crippen LogP contribution in [-0.2, 0) is 11.0 Å². The SMILES string of the molecule is COc1cccc(OC)c1C(=O)Nc1ccc(SC(C(=O)Nc2c(F)c(F)c(C(F)(F)F)c(F)c2F)c2ccccc2)cc1. The molecule has 0 radical (unpaired) electrons. The molecule has 0 heterocycles. The van der Waals surface area contributed by atoms with Gasteiger partial charge in [0.05, 0.1) is 14.2 Å². The molecule has 0 fully saturated rings. The van der Waals surface area contributed by atoms with E-state index in [9.17, 15) is 40.3 Å². The van der Waals surface area contributed by atoms with Crippen LogP contribution >= 0.6 is 11.8 Å². The van der Waals surface area contributed by atoms with E-state index in [-0.39, 0.29) is 17.1 Å². The number of hydrogen-bond donors (Lipinski definition) is 2. The number of amides is 2. The zero-order chi connectivity index (χ0) is 32.2. The monoisotopic (exact) mass is 638 g/mol. The number of rotatable bonds is 9. The number of anilines is 2. The molecule has 0 aliphatic carbocycles. The number of carbonyl (C=O) groups is 2. The van der Waals surface area contributed by atoms with Crippen LogP contribution in [0.4, 0.5) is 42.1 Å². The van der Waals surface area contributed by atoms with Gasteiger partial charge < -0.3 is 20.1 Å². The van der Waals surface area contributed by atoms with Gasteiger partial charge in [-0.25, -0.2) is 17.6 Å². The lowest BCUT2D eigenvalue weighted by Gasteiger charge is -2.19. The molecule has 44 heavy (non-hydrogen) atoms. The maximum atomic E-state index is 14.5. The first-order valence-corrected chi connectivity index (χ1v) is 13.3. The fourth-order valence-electron chi connectivity index (χ4n) is 4.10. The van der Waals surface area contributed by atoms with E-state index < -0.39 is 57.8 Å². The van der Waals surface area contributed by atoms with Crippen LogP contribution in [0.5, 0.6) is 11.5 Å². The minimum atomic E-state index is -5.73. The van der Waals surface area contributed by atoms with Crippen molar-refractivity contribution in [1.29, 1.82) is 0 Å². The third kappa shape index (κ3) is 6.75. The molecular formula is C30H21F7N2O4S. The Morgan fingerprint density at radius 2 is 1.27 bits per heavy atom. The van der Waals surface area contributed by atoms with Gasteiger partial charge in [-0.2, -0.15) is 13.2 Å². The number of thioether (sulfide) groups is 1. The van der Waals surface area contributed by atoms with Crippen molar-refractivity contribution >= 4 is 35.0 Å². The van der Waals surface area contributed by atoms with Crippen molar-refractivity contribution < 1.29 is 49.8 Å². The van der Waals surface area contributed by atoms with Crippen LogP contribution in [0.3, 0.4) is 0 Å². The molecule has 0 saturated heterocycles. The zero-order valence-electron chi connectivity index (χ0n) is 22.7. The number of hydrogen-bond acceptors (Lipinski definition) is 5. The maximum Gasteiger partial charge on any atom is 0.422 e. The molecule has 14 heteroatoms. The molecule has 4 aromatic carbocycles. The van der Waals surface area contributed by atoms with Crippen molar-refractivity contribution in [2.45, 2.75) is 16.3 Å². The summed E-state index contributed by atoms with van der Waals surface area (Å²) in [4.78, 5) is 26.6. The predicted octanol–water partition coefficient (Wildman–Crippen LogP) is 8.00. The van der Waals surface area contributed by atoms with Crippen molar-refractivity contribution in [1.82, 2.24) is 0 Å². The second-order valence-electron chi connectivity index (χ2n) is 8.92. The third-order valence-electron chi connectivity index (χ3n) is 6.16. The number of methoxy groups -OCH3 is 2. The minimum absolute atomic E-state index is 0.146. The zero-order valence-corrected chi connectivity index (χ0v) is 23.5. The normalized spacial score (nSPS) is 11.9. The molecule has 6 nitrogen and oxygen atoms in total. The van der Waals surface area contributed by atoms with Crippen molar-refractivity contribution in [3.05, 3.63) is 113 Å². The topological polar surface area (TPSA) is 76.7 Å². The fourth-order valence-corrected chi connectivity index (χ4v) is 5.13. The number of benzene rings is 4. The number of nitrogens with one attached hydrogen (secondary N) is 2. The van der Waals surface area contributed by atoms with Gasteiger partial charge in [0.15, 0.2) is 23.3 Å². The molecule has 0 saturated carbocycles. The highest BCUT2D eigenvalue weighted by Crippen LogP contribution is 2.41. The van der Waals surface area contributed by atoms with Gasteiger partial charge in [-0.1, -0.05) is 36.4 Å². The molecule has 0 aromatic heterocycles. The van der Waals surface area contributed by atoms with E-state index in [1.54, 1.807) is 41.7 Å². The van der Waals surface area contributed by atoms with Crippen LogP contribution in [0, 0.1) is 23.3 Å². The van der Waals surface area contributed by atoms with E-state index >= 15 is 0 Å². The fraction of sp³-hybridized carbons (Fsp3) is 0.133. The van der Waals surface area contributed by atoms with Crippen LogP contribution in [-0.4, -0.2) is 26.0 Å². The standard InChI is InChI=1S/C30H21F7N2O4S/c1-42-18-9-6-10-19(43-2)20(18)28(40)38-16-11-13-17(14-12-16)44-27(15-7-4-3-5-8-15)29(41)39-26-24(33)22(31)21(30(35,36)37)23(32)25(26)34/h3-14,27H,1-2H3,(H,38,40)(H,39,41). The summed E-state index contributed by atoms with van der Waals surface area (Å²) in [6.45, 7) is 0.